The van der Waals surface area contributed by atoms with E-state index in [-0.39, 0.29) is 0 Å². The molecule has 2 heteroatoms. The standard InChI is InChI=1S/C16H27NO/c1-2-12-4-3-5-13(10-12)15(18)14-11-16(14)6-8-17-9-7-16/h12-14,17H,2-11H2,1H3. The molecule has 3 unspecified atom stereocenters. The predicted molar refractivity (Wildman–Crippen MR) is 73.4 cm³/mol. The molecule has 1 saturated heterocycles. The molecule has 0 radical (unpaired) electrons. The summed E-state index contributed by atoms with van der Waals surface area (Å²) >= 11 is 0. The van der Waals surface area contributed by atoms with Crippen LogP contribution >= 0.6 is 0 Å². The number of nitrogens with one attached hydrogen (secondary N) is 1. The van der Waals surface area contributed by atoms with Crippen molar-refractivity contribution >= 4 is 5.78 Å². The summed E-state index contributed by atoms with van der Waals surface area (Å²) in [5.41, 5.74) is 0.446. The molecule has 0 aromatic rings. The van der Waals surface area contributed by atoms with Crippen LogP contribution in [0.5, 0.6) is 0 Å². The first-order chi connectivity index (χ1) is 8.75. The Morgan fingerprint density at radius 2 is 2.06 bits per heavy atom. The minimum absolute atomic E-state index is 0.419. The van der Waals surface area contributed by atoms with E-state index >= 15 is 0 Å². The SMILES string of the molecule is CCC1CCCC(C(=O)C2CC23CCNCC3)C1. The van der Waals surface area contributed by atoms with Crippen LogP contribution in [0.3, 0.4) is 0 Å². The fourth-order valence-electron chi connectivity index (χ4n) is 4.43. The van der Waals surface area contributed by atoms with Crippen LogP contribution in [-0.2, 0) is 4.79 Å². The molecule has 18 heavy (non-hydrogen) atoms. The molecule has 1 N–H and O–H groups in total. The monoisotopic (exact) mass is 249 g/mol. The number of rotatable bonds is 3. The van der Waals surface area contributed by atoms with Crippen LogP contribution in [-0.4, -0.2) is 18.9 Å². The molecule has 0 aromatic carbocycles. The largest absolute Gasteiger partial charge is 0.317 e. The second-order valence-corrected chi connectivity index (χ2v) is 6.91. The minimum atomic E-state index is 0.419. The number of carbonyl (C=O) groups is 1. The zero-order chi connectivity index (χ0) is 12.6. The summed E-state index contributed by atoms with van der Waals surface area (Å²) in [7, 11) is 0. The number of hydrogen-bond acceptors (Lipinski definition) is 2. The quantitative estimate of drug-likeness (QED) is 0.832. The van der Waals surface area contributed by atoms with Crippen LogP contribution in [0.15, 0.2) is 0 Å². The van der Waals surface area contributed by atoms with Crippen molar-refractivity contribution in [2.75, 3.05) is 13.1 Å². The van der Waals surface area contributed by atoms with Crippen LogP contribution in [0.4, 0.5) is 0 Å². The number of hydrogen-bond donors (Lipinski definition) is 1. The molecule has 0 bridgehead atoms. The molecule has 102 valence electrons. The van der Waals surface area contributed by atoms with E-state index in [2.05, 4.69) is 12.2 Å². The lowest BCUT2D eigenvalue weighted by Gasteiger charge is -2.29. The van der Waals surface area contributed by atoms with E-state index in [4.69, 9.17) is 0 Å². The second kappa shape index (κ2) is 4.96. The van der Waals surface area contributed by atoms with Crippen molar-refractivity contribution in [2.45, 2.75) is 58.3 Å². The maximum absolute atomic E-state index is 12.7. The van der Waals surface area contributed by atoms with Gasteiger partial charge in [0.1, 0.15) is 5.78 Å². The van der Waals surface area contributed by atoms with E-state index in [0.717, 1.165) is 19.0 Å². The average molecular weight is 249 g/mol. The van der Waals surface area contributed by atoms with Crippen LogP contribution in [0, 0.1) is 23.2 Å². The smallest absolute Gasteiger partial charge is 0.139 e. The summed E-state index contributed by atoms with van der Waals surface area (Å²) in [5.74, 6) is 2.34. The van der Waals surface area contributed by atoms with E-state index < -0.39 is 0 Å². The van der Waals surface area contributed by atoms with Gasteiger partial charge < -0.3 is 5.32 Å². The van der Waals surface area contributed by atoms with Gasteiger partial charge in [-0.1, -0.05) is 26.2 Å². The van der Waals surface area contributed by atoms with Gasteiger partial charge >= 0.3 is 0 Å². The third-order valence-electron chi connectivity index (χ3n) is 5.90. The van der Waals surface area contributed by atoms with Crippen LogP contribution < -0.4 is 5.32 Å². The lowest BCUT2D eigenvalue weighted by molar-refractivity contribution is -0.126. The van der Waals surface area contributed by atoms with Gasteiger partial charge in [0.05, 0.1) is 0 Å². The summed E-state index contributed by atoms with van der Waals surface area (Å²) in [6.45, 7) is 4.54. The molecular weight excluding hydrogens is 222 g/mol. The zero-order valence-electron chi connectivity index (χ0n) is 11.7. The molecule has 3 fully saturated rings. The van der Waals surface area contributed by atoms with Crippen molar-refractivity contribution in [1.29, 1.82) is 0 Å². The highest BCUT2D eigenvalue weighted by Gasteiger charge is 2.58. The lowest BCUT2D eigenvalue weighted by Crippen LogP contribution is -2.32. The lowest BCUT2D eigenvalue weighted by atomic mass is 9.76. The number of ketones is 1. The first-order valence-corrected chi connectivity index (χ1v) is 7.99. The average Bonchev–Trinajstić information content (AvgIpc) is 3.12. The van der Waals surface area contributed by atoms with Crippen LogP contribution in [0.2, 0.25) is 0 Å². The molecule has 3 atom stereocenters. The van der Waals surface area contributed by atoms with Crippen LogP contribution in [0.25, 0.3) is 0 Å². The van der Waals surface area contributed by atoms with E-state index in [1.54, 1.807) is 0 Å². The van der Waals surface area contributed by atoms with Crippen molar-refractivity contribution in [3.8, 4) is 0 Å². The van der Waals surface area contributed by atoms with Crippen LogP contribution in [0.1, 0.15) is 58.3 Å². The van der Waals surface area contributed by atoms with Gasteiger partial charge in [-0.3, -0.25) is 4.79 Å². The van der Waals surface area contributed by atoms with Crippen molar-refractivity contribution in [3.05, 3.63) is 0 Å². The zero-order valence-corrected chi connectivity index (χ0v) is 11.7. The molecule has 2 nitrogen and oxygen atoms in total. The Balaban J connectivity index is 1.58. The van der Waals surface area contributed by atoms with E-state index in [1.807, 2.05) is 0 Å². The van der Waals surface area contributed by atoms with Crippen molar-refractivity contribution in [1.82, 2.24) is 5.32 Å². The van der Waals surface area contributed by atoms with Crippen molar-refractivity contribution in [2.24, 2.45) is 23.2 Å². The maximum Gasteiger partial charge on any atom is 0.139 e. The highest BCUT2D eigenvalue weighted by Crippen LogP contribution is 2.60. The molecule has 1 aliphatic heterocycles. The third-order valence-corrected chi connectivity index (χ3v) is 5.90. The molecule has 3 rings (SSSR count). The van der Waals surface area contributed by atoms with Gasteiger partial charge in [0.15, 0.2) is 0 Å². The summed E-state index contributed by atoms with van der Waals surface area (Å²) in [4.78, 5) is 12.7. The first kappa shape index (κ1) is 12.7. The van der Waals surface area contributed by atoms with E-state index in [0.29, 0.717) is 23.0 Å². The molecular formula is C16H27NO. The van der Waals surface area contributed by atoms with Gasteiger partial charge in [0, 0.05) is 11.8 Å². The molecule has 1 spiro atoms. The Bertz CT molecular complexity index is 315. The Hall–Kier alpha value is -0.370. The number of carbonyl (C=O) groups excluding carboxylic acids is 1. The van der Waals surface area contributed by atoms with Gasteiger partial charge in [0.25, 0.3) is 0 Å². The highest BCUT2D eigenvalue weighted by molar-refractivity contribution is 5.87. The van der Waals surface area contributed by atoms with Gasteiger partial charge in [-0.05, 0) is 56.5 Å². The molecule has 2 aliphatic carbocycles. The summed E-state index contributed by atoms with van der Waals surface area (Å²) < 4.78 is 0. The van der Waals surface area contributed by atoms with E-state index in [9.17, 15) is 4.79 Å². The molecule has 0 amide bonds. The minimum Gasteiger partial charge on any atom is -0.317 e. The number of piperidine rings is 1. The van der Waals surface area contributed by atoms with Gasteiger partial charge in [-0.25, -0.2) is 0 Å². The molecule has 0 aromatic heterocycles. The molecule has 2 saturated carbocycles. The van der Waals surface area contributed by atoms with Gasteiger partial charge in [-0.15, -0.1) is 0 Å². The van der Waals surface area contributed by atoms with Crippen molar-refractivity contribution in [3.63, 3.8) is 0 Å². The van der Waals surface area contributed by atoms with E-state index in [1.165, 1.54) is 51.4 Å². The molecule has 1 heterocycles. The summed E-state index contributed by atoms with van der Waals surface area (Å²) in [6, 6.07) is 0. The fourth-order valence-corrected chi connectivity index (χ4v) is 4.43. The topological polar surface area (TPSA) is 29.1 Å². The third kappa shape index (κ3) is 2.24. The Morgan fingerprint density at radius 1 is 1.28 bits per heavy atom. The second-order valence-electron chi connectivity index (χ2n) is 6.91. The Labute approximate surface area is 111 Å². The predicted octanol–water partition coefficient (Wildman–Crippen LogP) is 3.16. The highest BCUT2D eigenvalue weighted by atomic mass is 16.1. The van der Waals surface area contributed by atoms with Gasteiger partial charge in [0.2, 0.25) is 0 Å². The first-order valence-electron chi connectivity index (χ1n) is 7.99. The Kier molecular flexibility index (Phi) is 3.48. The summed E-state index contributed by atoms with van der Waals surface area (Å²) in [5, 5.41) is 3.42. The summed E-state index contributed by atoms with van der Waals surface area (Å²) in [6.07, 6.45) is 9.99. The molecule has 3 aliphatic rings. The van der Waals surface area contributed by atoms with Gasteiger partial charge in [-0.2, -0.15) is 0 Å². The normalized spacial score (nSPS) is 38.6. The number of Topliss-reactive ketones (excluding diaryl/α,β-unsaturated/α-hetero) is 1. The fraction of sp³-hybridized carbons (Fsp3) is 0.938. The van der Waals surface area contributed by atoms with Crippen molar-refractivity contribution < 1.29 is 4.79 Å². The Morgan fingerprint density at radius 3 is 2.78 bits per heavy atom. The maximum atomic E-state index is 12.7.